The summed E-state index contributed by atoms with van der Waals surface area (Å²) in [6, 6.07) is 14.5. The summed E-state index contributed by atoms with van der Waals surface area (Å²) in [5.41, 5.74) is 2.45. The van der Waals surface area contributed by atoms with Crippen LogP contribution in [0, 0.1) is 0 Å². The molecule has 0 radical (unpaired) electrons. The summed E-state index contributed by atoms with van der Waals surface area (Å²) in [5, 5.41) is 0. The Balaban J connectivity index is 2.20. The maximum atomic E-state index is 2.12. The zero-order valence-electron chi connectivity index (χ0n) is 8.22. The molecule has 0 atom stereocenters. The van der Waals surface area contributed by atoms with E-state index in [1.54, 1.807) is 0 Å². The zero-order valence-corrected chi connectivity index (χ0v) is 8.22. The highest BCUT2D eigenvalue weighted by Crippen LogP contribution is 2.07. The van der Waals surface area contributed by atoms with Crippen molar-refractivity contribution in [3.8, 4) is 0 Å². The number of rotatable bonds is 2. The Morgan fingerprint density at radius 1 is 0.929 bits per heavy atom. The van der Waals surface area contributed by atoms with E-state index in [4.69, 9.17) is 0 Å². The van der Waals surface area contributed by atoms with Crippen molar-refractivity contribution in [2.45, 2.75) is 0 Å². The van der Waals surface area contributed by atoms with Crippen LogP contribution in [0.4, 0.5) is 0 Å². The van der Waals surface area contributed by atoms with Crippen LogP contribution in [0.2, 0.25) is 0 Å². The first-order valence-electron chi connectivity index (χ1n) is 4.71. The van der Waals surface area contributed by atoms with E-state index in [9.17, 15) is 0 Å². The fourth-order valence-corrected chi connectivity index (χ4v) is 1.39. The fourth-order valence-electron chi connectivity index (χ4n) is 1.39. The standard InChI is InChI=1S/C13H13N/c1-14-11-5-8-13(14)10-9-12-6-3-2-4-7-12/h2-11H,1H3. The molecule has 0 bridgehead atoms. The lowest BCUT2D eigenvalue weighted by atomic mass is 10.2. The summed E-state index contributed by atoms with van der Waals surface area (Å²) in [6.07, 6.45) is 6.29. The lowest BCUT2D eigenvalue weighted by molar-refractivity contribution is 0.915. The molecule has 70 valence electrons. The first-order valence-corrected chi connectivity index (χ1v) is 4.71. The third-order valence-electron chi connectivity index (χ3n) is 2.23. The van der Waals surface area contributed by atoms with Crippen molar-refractivity contribution >= 4 is 12.2 Å². The second-order valence-electron chi connectivity index (χ2n) is 3.29. The average Bonchev–Trinajstić information content (AvgIpc) is 2.63. The summed E-state index contributed by atoms with van der Waals surface area (Å²) in [5.74, 6) is 0. The van der Waals surface area contributed by atoms with Gasteiger partial charge >= 0.3 is 0 Å². The highest BCUT2D eigenvalue weighted by atomic mass is 14.9. The molecular formula is C13H13N. The number of aryl methyl sites for hydroxylation is 1. The van der Waals surface area contributed by atoms with Gasteiger partial charge in [-0.3, -0.25) is 0 Å². The zero-order chi connectivity index (χ0) is 9.80. The Morgan fingerprint density at radius 3 is 2.36 bits per heavy atom. The number of benzene rings is 1. The summed E-state index contributed by atoms with van der Waals surface area (Å²) >= 11 is 0. The van der Waals surface area contributed by atoms with Crippen LogP contribution in [0.1, 0.15) is 11.3 Å². The molecule has 0 spiro atoms. The molecule has 1 aromatic heterocycles. The molecule has 1 heteroatoms. The number of hydrogen-bond donors (Lipinski definition) is 0. The molecule has 2 rings (SSSR count). The minimum atomic E-state index is 1.22. The quantitative estimate of drug-likeness (QED) is 0.673. The molecule has 0 N–H and O–H groups in total. The Kier molecular flexibility index (Phi) is 2.50. The van der Waals surface area contributed by atoms with Gasteiger partial charge in [0.25, 0.3) is 0 Å². The third kappa shape index (κ3) is 1.94. The number of nitrogens with zero attached hydrogens (tertiary/aromatic N) is 1. The maximum Gasteiger partial charge on any atom is 0.0404 e. The van der Waals surface area contributed by atoms with Gasteiger partial charge in [-0.05, 0) is 23.8 Å². The molecule has 0 aliphatic carbocycles. The van der Waals surface area contributed by atoms with Crippen molar-refractivity contribution in [1.29, 1.82) is 0 Å². The minimum absolute atomic E-state index is 1.22. The van der Waals surface area contributed by atoms with E-state index in [1.165, 1.54) is 11.3 Å². The highest BCUT2D eigenvalue weighted by Gasteiger charge is 1.89. The summed E-state index contributed by atoms with van der Waals surface area (Å²) in [4.78, 5) is 0. The first kappa shape index (κ1) is 8.82. The van der Waals surface area contributed by atoms with E-state index in [2.05, 4.69) is 34.9 Å². The fraction of sp³-hybridized carbons (Fsp3) is 0.0769. The van der Waals surface area contributed by atoms with Crippen molar-refractivity contribution < 1.29 is 0 Å². The van der Waals surface area contributed by atoms with Crippen LogP contribution in [0.15, 0.2) is 48.7 Å². The summed E-state index contributed by atoms with van der Waals surface area (Å²) in [6.45, 7) is 0. The van der Waals surface area contributed by atoms with Gasteiger partial charge in [0, 0.05) is 18.9 Å². The molecular weight excluding hydrogens is 170 g/mol. The molecule has 2 aromatic rings. The van der Waals surface area contributed by atoms with Crippen molar-refractivity contribution in [3.05, 3.63) is 59.9 Å². The van der Waals surface area contributed by atoms with Crippen molar-refractivity contribution in [3.63, 3.8) is 0 Å². The van der Waals surface area contributed by atoms with Gasteiger partial charge in [-0.15, -0.1) is 0 Å². The molecule has 0 aliphatic heterocycles. The minimum Gasteiger partial charge on any atom is -0.351 e. The molecule has 14 heavy (non-hydrogen) atoms. The smallest absolute Gasteiger partial charge is 0.0404 e. The van der Waals surface area contributed by atoms with Crippen molar-refractivity contribution in [2.75, 3.05) is 0 Å². The Bertz CT molecular complexity index is 424. The van der Waals surface area contributed by atoms with E-state index in [0.717, 1.165) is 0 Å². The third-order valence-corrected chi connectivity index (χ3v) is 2.23. The van der Waals surface area contributed by atoms with Crippen molar-refractivity contribution in [1.82, 2.24) is 4.57 Å². The summed E-state index contributed by atoms with van der Waals surface area (Å²) in [7, 11) is 2.05. The van der Waals surface area contributed by atoms with Crippen LogP contribution in [0.5, 0.6) is 0 Å². The van der Waals surface area contributed by atoms with Gasteiger partial charge in [0.1, 0.15) is 0 Å². The predicted octanol–water partition coefficient (Wildman–Crippen LogP) is 3.20. The molecule has 1 nitrogen and oxygen atoms in total. The molecule has 0 saturated heterocycles. The van der Waals surface area contributed by atoms with Gasteiger partial charge in [-0.25, -0.2) is 0 Å². The second-order valence-corrected chi connectivity index (χ2v) is 3.29. The molecule has 0 saturated carbocycles. The topological polar surface area (TPSA) is 4.93 Å². The first-order chi connectivity index (χ1) is 6.86. The molecule has 0 aliphatic rings. The maximum absolute atomic E-state index is 2.12. The van der Waals surface area contributed by atoms with Crippen LogP contribution in [0.3, 0.4) is 0 Å². The van der Waals surface area contributed by atoms with E-state index in [-0.39, 0.29) is 0 Å². The van der Waals surface area contributed by atoms with E-state index in [1.807, 2.05) is 37.5 Å². The SMILES string of the molecule is Cn1cccc1C=Cc1ccccc1. The predicted molar refractivity (Wildman–Crippen MR) is 60.8 cm³/mol. The Hall–Kier alpha value is -1.76. The van der Waals surface area contributed by atoms with Crippen molar-refractivity contribution in [2.24, 2.45) is 7.05 Å². The summed E-state index contributed by atoms with van der Waals surface area (Å²) < 4.78 is 2.10. The van der Waals surface area contributed by atoms with Crippen LogP contribution in [-0.2, 0) is 7.05 Å². The van der Waals surface area contributed by atoms with Gasteiger partial charge in [0.2, 0.25) is 0 Å². The normalized spacial score (nSPS) is 10.9. The van der Waals surface area contributed by atoms with Crippen LogP contribution >= 0.6 is 0 Å². The van der Waals surface area contributed by atoms with Crippen LogP contribution in [0.25, 0.3) is 12.2 Å². The second kappa shape index (κ2) is 3.97. The monoisotopic (exact) mass is 183 g/mol. The van der Waals surface area contributed by atoms with E-state index in [0.29, 0.717) is 0 Å². The van der Waals surface area contributed by atoms with Gasteiger partial charge in [0.05, 0.1) is 0 Å². The lowest BCUT2D eigenvalue weighted by Crippen LogP contribution is -1.86. The number of aromatic nitrogens is 1. The Labute approximate surface area is 84.3 Å². The molecule has 0 fully saturated rings. The largest absolute Gasteiger partial charge is 0.351 e. The molecule has 0 unspecified atom stereocenters. The number of hydrogen-bond acceptors (Lipinski definition) is 0. The average molecular weight is 183 g/mol. The van der Waals surface area contributed by atoms with E-state index < -0.39 is 0 Å². The van der Waals surface area contributed by atoms with Gasteiger partial charge in [-0.2, -0.15) is 0 Å². The van der Waals surface area contributed by atoms with E-state index >= 15 is 0 Å². The van der Waals surface area contributed by atoms with Gasteiger partial charge in [0.15, 0.2) is 0 Å². The van der Waals surface area contributed by atoms with Gasteiger partial charge < -0.3 is 4.57 Å². The van der Waals surface area contributed by atoms with Gasteiger partial charge in [-0.1, -0.05) is 36.4 Å². The van der Waals surface area contributed by atoms with Crippen LogP contribution in [-0.4, -0.2) is 4.57 Å². The highest BCUT2D eigenvalue weighted by molar-refractivity contribution is 5.68. The molecule has 1 aromatic carbocycles. The Morgan fingerprint density at radius 2 is 1.71 bits per heavy atom. The molecule has 0 amide bonds. The van der Waals surface area contributed by atoms with Crippen LogP contribution < -0.4 is 0 Å². The lowest BCUT2D eigenvalue weighted by Gasteiger charge is -1.95. The molecule has 1 heterocycles.